The molecule has 2 rings (SSSR count). The fourth-order valence-electron chi connectivity index (χ4n) is 4.16. The first-order chi connectivity index (χ1) is 14.5. The highest BCUT2D eigenvalue weighted by molar-refractivity contribution is 7.86. The average Bonchev–Trinajstić information content (AvgIpc) is 2.72. The molecule has 1 N–H and O–H groups in total. The molecule has 0 aromatic heterocycles. The minimum absolute atomic E-state index is 0.0609. The van der Waals surface area contributed by atoms with Crippen molar-refractivity contribution < 1.29 is 13.0 Å². The van der Waals surface area contributed by atoms with Gasteiger partial charge in [-0.15, -0.1) is 0 Å². The van der Waals surface area contributed by atoms with Gasteiger partial charge in [-0.25, -0.2) is 0 Å². The van der Waals surface area contributed by atoms with Crippen LogP contribution in [0, 0.1) is 0 Å². The maximum absolute atomic E-state index is 12.1. The van der Waals surface area contributed by atoms with Crippen molar-refractivity contribution in [1.29, 1.82) is 0 Å². The van der Waals surface area contributed by atoms with Crippen molar-refractivity contribution >= 4 is 20.9 Å². The first kappa shape index (κ1) is 24.9. The van der Waals surface area contributed by atoms with Crippen molar-refractivity contribution in [2.75, 3.05) is 0 Å². The normalized spacial score (nSPS) is 12.0. The molecule has 0 spiro atoms. The van der Waals surface area contributed by atoms with Crippen LogP contribution in [0.5, 0.6) is 0 Å². The van der Waals surface area contributed by atoms with Crippen molar-refractivity contribution in [2.24, 2.45) is 0 Å². The van der Waals surface area contributed by atoms with E-state index in [9.17, 15) is 13.0 Å². The summed E-state index contributed by atoms with van der Waals surface area (Å²) in [6, 6.07) is 9.85. The summed E-state index contributed by atoms with van der Waals surface area (Å²) in [7, 11) is -4.25. The van der Waals surface area contributed by atoms with Crippen LogP contribution in [0.2, 0.25) is 0 Å². The second-order valence-electron chi connectivity index (χ2n) is 8.66. The van der Waals surface area contributed by atoms with Gasteiger partial charge < -0.3 is 0 Å². The number of unbranched alkanes of at least 4 members (excludes halogenated alkanes) is 10. The van der Waals surface area contributed by atoms with Crippen LogP contribution in [0.4, 0.5) is 0 Å². The Bertz CT molecular complexity index is 871. The van der Waals surface area contributed by atoms with Crippen LogP contribution in [0.3, 0.4) is 0 Å². The lowest BCUT2D eigenvalue weighted by Gasteiger charge is -2.11. The molecular formula is C26H40O3S. The van der Waals surface area contributed by atoms with Gasteiger partial charge in [-0.1, -0.05) is 96.3 Å². The minimum Gasteiger partial charge on any atom is -0.282 e. The number of fused-ring (bicyclic) bond motifs is 1. The topological polar surface area (TPSA) is 54.4 Å². The van der Waals surface area contributed by atoms with Gasteiger partial charge in [0, 0.05) is 5.39 Å². The van der Waals surface area contributed by atoms with Crippen LogP contribution >= 0.6 is 0 Å². The summed E-state index contributed by atoms with van der Waals surface area (Å²) in [6.45, 7) is 4.44. The summed E-state index contributed by atoms with van der Waals surface area (Å²) in [5, 5.41) is 1.55. The lowest BCUT2D eigenvalue weighted by atomic mass is 9.98. The molecule has 168 valence electrons. The Kier molecular flexibility index (Phi) is 10.9. The summed E-state index contributed by atoms with van der Waals surface area (Å²) >= 11 is 0. The summed E-state index contributed by atoms with van der Waals surface area (Å²) in [5.74, 6) is 0. The van der Waals surface area contributed by atoms with E-state index in [0.717, 1.165) is 48.6 Å². The van der Waals surface area contributed by atoms with Crippen molar-refractivity contribution in [1.82, 2.24) is 0 Å². The maximum Gasteiger partial charge on any atom is 0.295 e. The highest BCUT2D eigenvalue weighted by atomic mass is 32.2. The Morgan fingerprint density at radius 3 is 1.77 bits per heavy atom. The van der Waals surface area contributed by atoms with E-state index in [0.29, 0.717) is 5.39 Å². The number of hydrogen-bond acceptors (Lipinski definition) is 2. The van der Waals surface area contributed by atoms with Crippen LogP contribution in [-0.2, 0) is 23.0 Å². The van der Waals surface area contributed by atoms with Crippen LogP contribution in [0.25, 0.3) is 10.8 Å². The van der Waals surface area contributed by atoms with E-state index in [1.807, 2.05) is 12.1 Å². The zero-order valence-electron chi connectivity index (χ0n) is 19.0. The lowest BCUT2D eigenvalue weighted by molar-refractivity contribution is 0.484. The first-order valence-electron chi connectivity index (χ1n) is 12.0. The molecule has 30 heavy (non-hydrogen) atoms. The highest BCUT2D eigenvalue weighted by Crippen LogP contribution is 2.28. The highest BCUT2D eigenvalue weighted by Gasteiger charge is 2.16. The Balaban J connectivity index is 2.07. The van der Waals surface area contributed by atoms with Gasteiger partial charge in [0.25, 0.3) is 10.1 Å². The Morgan fingerprint density at radius 1 is 0.667 bits per heavy atom. The van der Waals surface area contributed by atoms with Gasteiger partial charge in [-0.05, 0) is 54.3 Å². The van der Waals surface area contributed by atoms with Crippen molar-refractivity contribution in [3.05, 3.63) is 41.5 Å². The Hall–Kier alpha value is -1.39. The average molecular weight is 433 g/mol. The minimum atomic E-state index is -4.25. The molecule has 2 aromatic carbocycles. The molecule has 0 aliphatic rings. The smallest absolute Gasteiger partial charge is 0.282 e. The summed E-state index contributed by atoms with van der Waals surface area (Å²) in [6.07, 6.45) is 16.5. The molecule has 0 atom stereocenters. The van der Waals surface area contributed by atoms with Crippen molar-refractivity contribution in [3.63, 3.8) is 0 Å². The third-order valence-electron chi connectivity index (χ3n) is 5.96. The van der Waals surface area contributed by atoms with Gasteiger partial charge >= 0.3 is 0 Å². The maximum atomic E-state index is 12.1. The SMILES string of the molecule is CCCCCCCCc1cc(S(=O)(=O)O)c2cc(CCCCCCCC)ccc2c1. The predicted molar refractivity (Wildman–Crippen MR) is 128 cm³/mol. The third-order valence-corrected chi connectivity index (χ3v) is 6.85. The molecule has 0 bridgehead atoms. The van der Waals surface area contributed by atoms with E-state index in [4.69, 9.17) is 0 Å². The van der Waals surface area contributed by atoms with Crippen molar-refractivity contribution in [3.8, 4) is 0 Å². The van der Waals surface area contributed by atoms with Gasteiger partial charge in [0.1, 0.15) is 4.90 Å². The molecule has 0 fully saturated rings. The Labute approximate surface area is 184 Å². The van der Waals surface area contributed by atoms with Gasteiger partial charge in [0.05, 0.1) is 0 Å². The molecule has 0 heterocycles. The van der Waals surface area contributed by atoms with E-state index >= 15 is 0 Å². The van der Waals surface area contributed by atoms with Crippen molar-refractivity contribution in [2.45, 2.75) is 109 Å². The van der Waals surface area contributed by atoms with Gasteiger partial charge in [0.2, 0.25) is 0 Å². The quantitative estimate of drug-likeness (QED) is 0.230. The Morgan fingerprint density at radius 2 is 1.20 bits per heavy atom. The standard InChI is InChI=1S/C26H40O3S/c1-3-5-7-9-11-13-15-22-17-18-24-19-23(16-14-12-10-8-6-4-2)21-26(25(24)20-22)30(27,28)29/h17-21H,3-16H2,1-2H3,(H,27,28,29). The first-order valence-corrected chi connectivity index (χ1v) is 13.4. The third kappa shape index (κ3) is 8.39. The molecule has 0 radical (unpaired) electrons. The number of rotatable bonds is 15. The predicted octanol–water partition coefficient (Wildman–Crippen LogP) is 7.89. The number of hydrogen-bond donors (Lipinski definition) is 1. The van der Waals surface area contributed by atoms with Gasteiger partial charge in [0.15, 0.2) is 0 Å². The molecule has 4 heteroatoms. The second kappa shape index (κ2) is 13.1. The zero-order valence-corrected chi connectivity index (χ0v) is 19.8. The molecule has 0 aliphatic heterocycles. The van der Waals surface area contributed by atoms with E-state index < -0.39 is 10.1 Å². The lowest BCUT2D eigenvalue weighted by Crippen LogP contribution is -2.01. The zero-order chi connectivity index (χ0) is 21.8. The van der Waals surface area contributed by atoms with E-state index in [1.165, 1.54) is 57.8 Å². The van der Waals surface area contributed by atoms with E-state index in [1.54, 1.807) is 6.07 Å². The van der Waals surface area contributed by atoms with Crippen LogP contribution < -0.4 is 0 Å². The van der Waals surface area contributed by atoms with Crippen LogP contribution in [0.1, 0.15) is 102 Å². The molecule has 0 aliphatic carbocycles. The van der Waals surface area contributed by atoms with Gasteiger partial charge in [-0.3, -0.25) is 4.55 Å². The molecule has 3 nitrogen and oxygen atoms in total. The van der Waals surface area contributed by atoms with Gasteiger partial charge in [-0.2, -0.15) is 8.42 Å². The molecule has 2 aromatic rings. The largest absolute Gasteiger partial charge is 0.295 e. The fraction of sp³-hybridized carbons (Fsp3) is 0.615. The summed E-state index contributed by atoms with van der Waals surface area (Å²) in [5.41, 5.74) is 2.14. The van der Waals surface area contributed by atoms with Crippen LogP contribution in [0.15, 0.2) is 35.2 Å². The summed E-state index contributed by atoms with van der Waals surface area (Å²) < 4.78 is 34.0. The monoisotopic (exact) mass is 432 g/mol. The number of aryl methyl sites for hydroxylation is 2. The van der Waals surface area contributed by atoms with E-state index in [-0.39, 0.29) is 4.90 Å². The molecule has 0 saturated heterocycles. The molecule has 0 saturated carbocycles. The molecule has 0 amide bonds. The van der Waals surface area contributed by atoms with Crippen LogP contribution in [-0.4, -0.2) is 13.0 Å². The number of benzene rings is 2. The summed E-state index contributed by atoms with van der Waals surface area (Å²) in [4.78, 5) is 0.0609. The fourth-order valence-corrected chi connectivity index (χ4v) is 4.92. The van der Waals surface area contributed by atoms with E-state index in [2.05, 4.69) is 26.0 Å². The second-order valence-corrected chi connectivity index (χ2v) is 10.1. The molecular weight excluding hydrogens is 392 g/mol. The molecule has 0 unspecified atom stereocenters.